The van der Waals surface area contributed by atoms with Gasteiger partial charge in [-0.25, -0.2) is 15.0 Å². The highest BCUT2D eigenvalue weighted by Crippen LogP contribution is 2.46. The average molecular weight is 739 g/mol. The van der Waals surface area contributed by atoms with E-state index in [0.717, 1.165) is 53.6 Å². The SMILES string of the molecule is [2H]c1cc([2H])c2c(c1[2H])c1c([2H])c([2H])cc([2H])c1n2-c1ccc(-c2nc(-c3ccccc3)nc(-c3ccccc3)n2)cc1-c1cccc2c1sc1c(-c3ccccc3)cccc12. The second-order valence-electron chi connectivity index (χ2n) is 13.5. The van der Waals surface area contributed by atoms with E-state index >= 15 is 0 Å². The smallest absolute Gasteiger partial charge is 0.164 e. The molecule has 8 aromatic carbocycles. The van der Waals surface area contributed by atoms with Crippen LogP contribution < -0.4 is 0 Å². The van der Waals surface area contributed by atoms with Gasteiger partial charge in [-0.15, -0.1) is 11.3 Å². The molecule has 0 saturated heterocycles. The van der Waals surface area contributed by atoms with Crippen LogP contribution in [0.3, 0.4) is 0 Å². The van der Waals surface area contributed by atoms with Crippen molar-refractivity contribution in [3.8, 4) is 62.1 Å². The number of benzene rings is 8. The Kier molecular flexibility index (Phi) is 6.29. The van der Waals surface area contributed by atoms with Crippen LogP contribution in [-0.4, -0.2) is 19.5 Å². The second-order valence-corrected chi connectivity index (χ2v) is 14.5. The molecular weight excluding hydrogens is 701 g/mol. The molecular formula is C51H32N4S. The first-order valence-electron chi connectivity index (χ1n) is 21.3. The van der Waals surface area contributed by atoms with Crippen LogP contribution in [0, 0.1) is 0 Å². The molecule has 56 heavy (non-hydrogen) atoms. The summed E-state index contributed by atoms with van der Waals surface area (Å²) in [4.78, 5) is 15.0. The zero-order chi connectivity index (χ0) is 42.2. The third kappa shape index (κ3) is 5.32. The zero-order valence-corrected chi connectivity index (χ0v) is 30.5. The Labute approximate surface area is 336 Å². The molecule has 3 heterocycles. The maximum Gasteiger partial charge on any atom is 0.164 e. The lowest BCUT2D eigenvalue weighted by Gasteiger charge is -2.17. The predicted molar refractivity (Wildman–Crippen MR) is 234 cm³/mol. The fourth-order valence-corrected chi connectivity index (χ4v) is 9.02. The summed E-state index contributed by atoms with van der Waals surface area (Å²) in [6, 6.07) is 50.4. The number of hydrogen-bond donors (Lipinski definition) is 0. The summed E-state index contributed by atoms with van der Waals surface area (Å²) in [7, 11) is 0. The first kappa shape index (κ1) is 26.5. The van der Waals surface area contributed by atoms with Crippen molar-refractivity contribution in [2.24, 2.45) is 0 Å². The second kappa shape index (κ2) is 13.3. The predicted octanol–water partition coefficient (Wildman–Crippen LogP) is 13.7. The molecule has 0 aliphatic heterocycles. The van der Waals surface area contributed by atoms with E-state index in [4.69, 9.17) is 20.4 Å². The number of nitrogens with zero attached hydrogens (tertiary/aromatic N) is 4. The van der Waals surface area contributed by atoms with Gasteiger partial charge in [0.15, 0.2) is 17.5 Å². The number of rotatable bonds is 6. The summed E-state index contributed by atoms with van der Waals surface area (Å²) in [5.41, 5.74) is 7.42. The van der Waals surface area contributed by atoms with Crippen LogP contribution in [0.5, 0.6) is 0 Å². The summed E-state index contributed by atoms with van der Waals surface area (Å²) in [5, 5.41) is 2.58. The van der Waals surface area contributed by atoms with Crippen molar-refractivity contribution in [3.05, 3.63) is 194 Å². The largest absolute Gasteiger partial charge is 0.309 e. The molecule has 11 rings (SSSR count). The number of fused-ring (bicyclic) bond motifs is 6. The van der Waals surface area contributed by atoms with E-state index < -0.39 is 0 Å². The minimum atomic E-state index is -0.166. The molecule has 0 atom stereocenters. The summed E-state index contributed by atoms with van der Waals surface area (Å²) in [5.74, 6) is 1.48. The maximum atomic E-state index is 9.27. The van der Waals surface area contributed by atoms with E-state index in [1.807, 2.05) is 103 Å². The van der Waals surface area contributed by atoms with Crippen molar-refractivity contribution in [3.63, 3.8) is 0 Å². The van der Waals surface area contributed by atoms with Crippen LogP contribution >= 0.6 is 11.3 Å². The number of aromatic nitrogens is 4. The zero-order valence-electron chi connectivity index (χ0n) is 35.7. The molecule has 0 saturated carbocycles. The van der Waals surface area contributed by atoms with Gasteiger partial charge in [0.25, 0.3) is 0 Å². The van der Waals surface area contributed by atoms with E-state index in [1.54, 1.807) is 15.9 Å². The lowest BCUT2D eigenvalue weighted by Crippen LogP contribution is -2.02. The number of hydrogen-bond acceptors (Lipinski definition) is 4. The maximum absolute atomic E-state index is 9.27. The molecule has 5 heteroatoms. The van der Waals surface area contributed by atoms with Gasteiger partial charge in [-0.3, -0.25) is 0 Å². The van der Waals surface area contributed by atoms with Crippen molar-refractivity contribution >= 4 is 53.3 Å². The molecule has 0 amide bonds. The van der Waals surface area contributed by atoms with Gasteiger partial charge < -0.3 is 4.57 Å². The quantitative estimate of drug-likeness (QED) is 0.171. The summed E-state index contributed by atoms with van der Waals surface area (Å²) in [6.07, 6.45) is 0. The van der Waals surface area contributed by atoms with Gasteiger partial charge in [-0.1, -0.05) is 164 Å². The Hall–Kier alpha value is -7.21. The molecule has 0 unspecified atom stereocenters. The lowest BCUT2D eigenvalue weighted by atomic mass is 9.97. The molecule has 11 aromatic rings. The van der Waals surface area contributed by atoms with Crippen LogP contribution in [0.4, 0.5) is 0 Å². The highest BCUT2D eigenvalue weighted by Gasteiger charge is 2.21. The normalized spacial score (nSPS) is 13.1. The van der Waals surface area contributed by atoms with Gasteiger partial charge in [0, 0.05) is 58.8 Å². The lowest BCUT2D eigenvalue weighted by molar-refractivity contribution is 1.07. The van der Waals surface area contributed by atoms with Crippen molar-refractivity contribution < 1.29 is 8.22 Å². The van der Waals surface area contributed by atoms with Gasteiger partial charge in [0.2, 0.25) is 0 Å². The third-order valence-corrected chi connectivity index (χ3v) is 11.5. The van der Waals surface area contributed by atoms with Gasteiger partial charge in [-0.2, -0.15) is 0 Å². The van der Waals surface area contributed by atoms with Crippen LogP contribution in [0.2, 0.25) is 0 Å². The molecule has 262 valence electrons. The molecule has 0 radical (unpaired) electrons. The van der Waals surface area contributed by atoms with Crippen molar-refractivity contribution in [2.75, 3.05) is 0 Å². The Bertz CT molecular complexity index is 3460. The van der Waals surface area contributed by atoms with Crippen LogP contribution in [0.1, 0.15) is 8.22 Å². The highest BCUT2D eigenvalue weighted by atomic mass is 32.1. The molecule has 3 aromatic heterocycles. The number of para-hydroxylation sites is 2. The minimum absolute atomic E-state index is 0.0254. The van der Waals surface area contributed by atoms with Gasteiger partial charge in [0.05, 0.1) is 24.9 Å². The van der Waals surface area contributed by atoms with Crippen LogP contribution in [-0.2, 0) is 0 Å². The molecule has 0 bridgehead atoms. The van der Waals surface area contributed by atoms with Crippen molar-refractivity contribution in [1.29, 1.82) is 0 Å². The fourth-order valence-electron chi connectivity index (χ4n) is 7.66. The molecule has 0 aliphatic rings. The first-order chi connectivity index (χ1) is 30.2. The molecule has 0 N–H and O–H groups in total. The standard InChI is InChI=1S/C51H32N4S/c1-4-16-33(17-5-1)37-24-14-25-40-41-26-15-27-42(48(41)56-47(37)40)43-32-36(30-31-46(43)55-44-28-12-10-22-38(44)39-23-11-13-29-45(39)55)51-53-49(34-18-6-2-7-19-34)52-50(54-51)35-20-8-3-9-21-35/h1-32H/i10D,11D,22D,23D,28D,29D. The summed E-state index contributed by atoms with van der Waals surface area (Å²) >= 11 is 1.70. The average Bonchev–Trinajstić information content (AvgIpc) is 3.89. The Morgan fingerprint density at radius 1 is 0.393 bits per heavy atom. The summed E-state index contributed by atoms with van der Waals surface area (Å²) in [6.45, 7) is 0. The topological polar surface area (TPSA) is 43.6 Å². The van der Waals surface area contributed by atoms with E-state index in [2.05, 4.69) is 42.5 Å². The van der Waals surface area contributed by atoms with Crippen LogP contribution in [0.15, 0.2) is 194 Å². The Morgan fingerprint density at radius 2 is 0.893 bits per heavy atom. The monoisotopic (exact) mass is 738 g/mol. The van der Waals surface area contributed by atoms with Crippen molar-refractivity contribution in [1.82, 2.24) is 19.5 Å². The molecule has 4 nitrogen and oxygen atoms in total. The van der Waals surface area contributed by atoms with E-state index in [0.29, 0.717) is 28.7 Å². The van der Waals surface area contributed by atoms with Crippen LogP contribution in [0.25, 0.3) is 104 Å². The first-order valence-corrected chi connectivity index (χ1v) is 19.1. The molecule has 0 spiro atoms. The van der Waals surface area contributed by atoms with E-state index in [1.165, 1.54) is 12.1 Å². The molecule has 0 aliphatic carbocycles. The van der Waals surface area contributed by atoms with Gasteiger partial charge >= 0.3 is 0 Å². The van der Waals surface area contributed by atoms with Gasteiger partial charge in [0.1, 0.15) is 0 Å². The highest BCUT2D eigenvalue weighted by molar-refractivity contribution is 7.26. The number of thiophene rings is 1. The van der Waals surface area contributed by atoms with E-state index in [-0.39, 0.29) is 58.1 Å². The molecule has 0 fully saturated rings. The fraction of sp³-hybridized carbons (Fsp3) is 0. The van der Waals surface area contributed by atoms with E-state index in [9.17, 15) is 2.74 Å². The summed E-state index contributed by atoms with van der Waals surface area (Å²) < 4.78 is 57.8. The van der Waals surface area contributed by atoms with Gasteiger partial charge in [-0.05, 0) is 41.4 Å². The van der Waals surface area contributed by atoms with Crippen molar-refractivity contribution in [2.45, 2.75) is 0 Å². The Balaban J connectivity index is 1.26. The minimum Gasteiger partial charge on any atom is -0.309 e. The third-order valence-electron chi connectivity index (χ3n) is 10.2. The Morgan fingerprint density at radius 3 is 1.46 bits per heavy atom.